The number of hydrogen-bond donors (Lipinski definition) is 1. The molecule has 0 saturated carbocycles. The number of rotatable bonds is 1. The van der Waals surface area contributed by atoms with Gasteiger partial charge in [0.2, 0.25) is 0 Å². The predicted molar refractivity (Wildman–Crippen MR) is 51.0 cm³/mol. The van der Waals surface area contributed by atoms with E-state index in [2.05, 4.69) is 4.98 Å². The van der Waals surface area contributed by atoms with Crippen molar-refractivity contribution in [2.24, 2.45) is 0 Å². The summed E-state index contributed by atoms with van der Waals surface area (Å²) >= 11 is 0. The largest absolute Gasteiger partial charge is 0.429 e. The molecule has 1 aromatic carbocycles. The Kier molecular flexibility index (Phi) is 2.15. The molecular formula is C10H8F2N2O. The van der Waals surface area contributed by atoms with Gasteiger partial charge in [0.1, 0.15) is 11.5 Å². The number of benzene rings is 1. The Morgan fingerprint density at radius 1 is 1.27 bits per heavy atom. The molecule has 3 nitrogen and oxygen atoms in total. The highest BCUT2D eigenvalue weighted by molar-refractivity contribution is 5.62. The van der Waals surface area contributed by atoms with E-state index in [1.54, 1.807) is 6.92 Å². The first kappa shape index (κ1) is 9.64. The van der Waals surface area contributed by atoms with Crippen molar-refractivity contribution < 1.29 is 13.2 Å². The molecule has 1 aromatic heterocycles. The van der Waals surface area contributed by atoms with Crippen LogP contribution in [0.15, 0.2) is 22.6 Å². The molecule has 0 aliphatic carbocycles. The highest BCUT2D eigenvalue weighted by atomic mass is 19.2. The van der Waals surface area contributed by atoms with Gasteiger partial charge in [-0.25, -0.2) is 8.78 Å². The van der Waals surface area contributed by atoms with Gasteiger partial charge in [0.25, 0.3) is 6.01 Å². The molecule has 15 heavy (non-hydrogen) atoms. The van der Waals surface area contributed by atoms with Crippen molar-refractivity contribution in [1.82, 2.24) is 4.98 Å². The Morgan fingerprint density at radius 3 is 2.53 bits per heavy atom. The van der Waals surface area contributed by atoms with Gasteiger partial charge in [-0.15, -0.1) is 0 Å². The molecule has 0 bridgehead atoms. The summed E-state index contributed by atoms with van der Waals surface area (Å²) in [6.07, 6.45) is 0. The molecule has 0 atom stereocenters. The van der Waals surface area contributed by atoms with Crippen LogP contribution < -0.4 is 5.73 Å². The summed E-state index contributed by atoms with van der Waals surface area (Å²) in [6, 6.07) is 3.52. The highest BCUT2D eigenvalue weighted by Gasteiger charge is 2.11. The van der Waals surface area contributed by atoms with Crippen molar-refractivity contribution in [2.75, 3.05) is 5.73 Å². The van der Waals surface area contributed by atoms with E-state index < -0.39 is 11.6 Å². The fraction of sp³-hybridized carbons (Fsp3) is 0.100. The van der Waals surface area contributed by atoms with E-state index in [0.717, 1.165) is 12.1 Å². The zero-order valence-corrected chi connectivity index (χ0v) is 7.92. The maximum atomic E-state index is 12.9. The molecule has 1 heterocycles. The number of oxazole rings is 1. The van der Waals surface area contributed by atoms with E-state index in [1.807, 2.05) is 0 Å². The van der Waals surface area contributed by atoms with Crippen LogP contribution in [0.25, 0.3) is 11.3 Å². The lowest BCUT2D eigenvalue weighted by atomic mass is 10.1. The molecule has 0 amide bonds. The third-order valence-corrected chi connectivity index (χ3v) is 2.01. The molecule has 78 valence electrons. The van der Waals surface area contributed by atoms with E-state index >= 15 is 0 Å². The van der Waals surface area contributed by atoms with Crippen molar-refractivity contribution >= 4 is 6.01 Å². The Balaban J connectivity index is 2.54. The molecule has 0 fully saturated rings. The van der Waals surface area contributed by atoms with E-state index in [4.69, 9.17) is 10.2 Å². The molecule has 0 aliphatic heterocycles. The molecule has 0 aliphatic rings. The van der Waals surface area contributed by atoms with Crippen molar-refractivity contribution in [1.29, 1.82) is 0 Å². The number of aryl methyl sites for hydroxylation is 1. The van der Waals surface area contributed by atoms with Gasteiger partial charge in [0.15, 0.2) is 11.6 Å². The maximum absolute atomic E-state index is 12.9. The highest BCUT2D eigenvalue weighted by Crippen LogP contribution is 2.25. The predicted octanol–water partition coefficient (Wildman–Crippen LogP) is 2.51. The van der Waals surface area contributed by atoms with Gasteiger partial charge in [-0.3, -0.25) is 0 Å². The van der Waals surface area contributed by atoms with Crippen molar-refractivity contribution in [3.8, 4) is 11.3 Å². The average molecular weight is 210 g/mol. The number of nitrogens with zero attached hydrogens (tertiary/aromatic N) is 1. The topological polar surface area (TPSA) is 52.0 Å². The lowest BCUT2D eigenvalue weighted by Gasteiger charge is -1.98. The number of anilines is 1. The molecule has 0 unspecified atom stereocenters. The van der Waals surface area contributed by atoms with E-state index in [1.165, 1.54) is 6.07 Å². The van der Waals surface area contributed by atoms with Crippen LogP contribution in [0.2, 0.25) is 0 Å². The monoisotopic (exact) mass is 210 g/mol. The van der Waals surface area contributed by atoms with Crippen LogP contribution in [0.5, 0.6) is 0 Å². The quantitative estimate of drug-likeness (QED) is 0.786. The van der Waals surface area contributed by atoms with Crippen molar-refractivity contribution in [3.05, 3.63) is 35.6 Å². The van der Waals surface area contributed by atoms with Gasteiger partial charge in [-0.2, -0.15) is 4.98 Å². The standard InChI is InChI=1S/C10H8F2N2O/c1-5-9(14-10(13)15-5)6-2-3-7(11)8(12)4-6/h2-4H,1H3,(H2,13,14). The summed E-state index contributed by atoms with van der Waals surface area (Å²) in [7, 11) is 0. The summed E-state index contributed by atoms with van der Waals surface area (Å²) in [6.45, 7) is 1.65. The molecular weight excluding hydrogens is 202 g/mol. The number of hydrogen-bond acceptors (Lipinski definition) is 3. The van der Waals surface area contributed by atoms with Crippen LogP contribution in [-0.4, -0.2) is 4.98 Å². The van der Waals surface area contributed by atoms with Crippen LogP contribution in [0, 0.1) is 18.6 Å². The van der Waals surface area contributed by atoms with E-state index in [0.29, 0.717) is 17.0 Å². The van der Waals surface area contributed by atoms with E-state index in [9.17, 15) is 8.78 Å². The van der Waals surface area contributed by atoms with Gasteiger partial charge in [0.05, 0.1) is 0 Å². The first-order chi connectivity index (χ1) is 7.08. The summed E-state index contributed by atoms with van der Waals surface area (Å²) < 4.78 is 30.6. The third-order valence-electron chi connectivity index (χ3n) is 2.01. The Bertz CT molecular complexity index is 508. The fourth-order valence-electron chi connectivity index (χ4n) is 1.33. The molecule has 0 spiro atoms. The summed E-state index contributed by atoms with van der Waals surface area (Å²) in [4.78, 5) is 3.87. The minimum atomic E-state index is -0.923. The van der Waals surface area contributed by atoms with Gasteiger partial charge in [0, 0.05) is 5.56 Å². The molecule has 2 N–H and O–H groups in total. The number of nitrogen functional groups attached to an aromatic ring is 1. The average Bonchev–Trinajstić information content (AvgIpc) is 2.50. The van der Waals surface area contributed by atoms with Crippen LogP contribution >= 0.6 is 0 Å². The minimum Gasteiger partial charge on any atom is -0.429 e. The molecule has 2 aromatic rings. The first-order valence-corrected chi connectivity index (χ1v) is 4.26. The second kappa shape index (κ2) is 3.34. The van der Waals surface area contributed by atoms with Crippen molar-refractivity contribution in [2.45, 2.75) is 6.92 Å². The van der Waals surface area contributed by atoms with Crippen molar-refractivity contribution in [3.63, 3.8) is 0 Å². The second-order valence-electron chi connectivity index (χ2n) is 3.09. The first-order valence-electron chi connectivity index (χ1n) is 4.26. The lowest BCUT2D eigenvalue weighted by molar-refractivity contribution is 0.509. The Hall–Kier alpha value is -1.91. The van der Waals surface area contributed by atoms with Gasteiger partial charge >= 0.3 is 0 Å². The van der Waals surface area contributed by atoms with Crippen LogP contribution in [0.4, 0.5) is 14.8 Å². The maximum Gasteiger partial charge on any atom is 0.292 e. The SMILES string of the molecule is Cc1oc(N)nc1-c1ccc(F)c(F)c1. The fourth-order valence-corrected chi connectivity index (χ4v) is 1.33. The Labute approximate surface area is 84.5 Å². The Morgan fingerprint density at radius 2 is 2.00 bits per heavy atom. The van der Waals surface area contributed by atoms with Crippen LogP contribution in [0.3, 0.4) is 0 Å². The summed E-state index contributed by atoms with van der Waals surface area (Å²) in [5.74, 6) is -1.35. The van der Waals surface area contributed by atoms with Crippen LogP contribution in [-0.2, 0) is 0 Å². The van der Waals surface area contributed by atoms with Gasteiger partial charge in [-0.1, -0.05) is 0 Å². The lowest BCUT2D eigenvalue weighted by Crippen LogP contribution is -1.87. The normalized spacial score (nSPS) is 10.6. The zero-order valence-electron chi connectivity index (χ0n) is 7.92. The smallest absolute Gasteiger partial charge is 0.292 e. The molecule has 5 heteroatoms. The van der Waals surface area contributed by atoms with E-state index in [-0.39, 0.29) is 6.01 Å². The van der Waals surface area contributed by atoms with Gasteiger partial charge in [-0.05, 0) is 25.1 Å². The number of nitrogens with two attached hydrogens (primary N) is 1. The molecule has 2 rings (SSSR count). The summed E-state index contributed by atoms with van der Waals surface area (Å²) in [5, 5.41) is 0. The number of aromatic nitrogens is 1. The zero-order chi connectivity index (χ0) is 11.0. The summed E-state index contributed by atoms with van der Waals surface area (Å²) in [5.41, 5.74) is 6.20. The molecule has 0 saturated heterocycles. The molecule has 0 radical (unpaired) electrons. The minimum absolute atomic E-state index is 0.00670. The second-order valence-corrected chi connectivity index (χ2v) is 3.09. The van der Waals surface area contributed by atoms with Gasteiger partial charge < -0.3 is 10.2 Å². The van der Waals surface area contributed by atoms with Crippen LogP contribution in [0.1, 0.15) is 5.76 Å². The number of halogens is 2. The third kappa shape index (κ3) is 1.68.